The number of fused-ring (bicyclic) bond motifs is 1. The van der Waals surface area contributed by atoms with Crippen molar-refractivity contribution < 1.29 is 14.1 Å². The molecule has 0 unspecified atom stereocenters. The third-order valence-corrected chi connectivity index (χ3v) is 5.52. The van der Waals surface area contributed by atoms with Crippen molar-refractivity contribution in [2.75, 3.05) is 19.6 Å². The fraction of sp³-hybridized carbons (Fsp3) is 0.391. The molecule has 9 heteroatoms. The first-order valence-corrected chi connectivity index (χ1v) is 10.8. The van der Waals surface area contributed by atoms with Crippen LogP contribution in [0.15, 0.2) is 57.7 Å². The van der Waals surface area contributed by atoms with Crippen LogP contribution in [-0.2, 0) is 11.3 Å². The molecule has 0 saturated carbocycles. The fourth-order valence-electron chi connectivity index (χ4n) is 3.70. The third kappa shape index (κ3) is 5.61. The van der Waals surface area contributed by atoms with E-state index < -0.39 is 10.7 Å². The van der Waals surface area contributed by atoms with Gasteiger partial charge in [-0.05, 0) is 31.1 Å². The molecule has 1 atom stereocenters. The number of carbonyl (C=O) groups excluding carboxylic acids is 1. The van der Waals surface area contributed by atoms with Gasteiger partial charge < -0.3 is 14.6 Å². The minimum absolute atomic E-state index is 0.0949. The summed E-state index contributed by atoms with van der Waals surface area (Å²) in [6.07, 6.45) is 0.678. The van der Waals surface area contributed by atoms with Gasteiger partial charge in [0, 0.05) is 25.6 Å². The number of hydrogen-bond donors (Lipinski definition) is 1. The summed E-state index contributed by atoms with van der Waals surface area (Å²) < 4.78 is 6.53. The molecular weight excluding hydrogens is 412 g/mol. The number of benzene rings is 2. The van der Waals surface area contributed by atoms with Gasteiger partial charge in [-0.3, -0.25) is 19.5 Å². The summed E-state index contributed by atoms with van der Waals surface area (Å²) >= 11 is 0. The smallest absolute Gasteiger partial charge is 0.407 e. The van der Waals surface area contributed by atoms with Crippen molar-refractivity contribution in [3.63, 3.8) is 0 Å². The highest BCUT2D eigenvalue weighted by Gasteiger charge is 2.18. The number of oxazole rings is 1. The molecule has 0 radical (unpaired) electrons. The number of rotatable bonds is 11. The molecule has 0 fully saturated rings. The van der Waals surface area contributed by atoms with Crippen LogP contribution in [0.25, 0.3) is 11.1 Å². The molecule has 0 aliphatic heterocycles. The molecule has 0 saturated heterocycles. The van der Waals surface area contributed by atoms with Gasteiger partial charge in [0.1, 0.15) is 0 Å². The Morgan fingerprint density at radius 1 is 1.19 bits per heavy atom. The van der Waals surface area contributed by atoms with Gasteiger partial charge in [-0.2, -0.15) is 0 Å². The number of non-ortho nitro benzene ring substituents is 1. The Hall–Kier alpha value is -3.46. The number of likely N-dealkylation sites (N-methyl/N-ethyl adjacent to an activating group) is 1. The predicted octanol–water partition coefficient (Wildman–Crippen LogP) is 3.48. The summed E-state index contributed by atoms with van der Waals surface area (Å²) in [7, 11) is 0. The first kappa shape index (κ1) is 23.2. The molecule has 1 aromatic heterocycles. The zero-order valence-corrected chi connectivity index (χ0v) is 18.3. The van der Waals surface area contributed by atoms with E-state index >= 15 is 0 Å². The van der Waals surface area contributed by atoms with Crippen molar-refractivity contribution in [2.45, 2.75) is 39.3 Å². The van der Waals surface area contributed by atoms with E-state index in [0.29, 0.717) is 18.5 Å². The van der Waals surface area contributed by atoms with Crippen LogP contribution in [0.1, 0.15) is 38.3 Å². The van der Waals surface area contributed by atoms with Gasteiger partial charge >= 0.3 is 5.76 Å². The van der Waals surface area contributed by atoms with Gasteiger partial charge in [-0.15, -0.1) is 0 Å². The van der Waals surface area contributed by atoms with Crippen molar-refractivity contribution in [1.82, 2.24) is 14.8 Å². The topological polar surface area (TPSA) is 111 Å². The molecule has 1 amide bonds. The van der Waals surface area contributed by atoms with Crippen molar-refractivity contribution in [2.24, 2.45) is 0 Å². The van der Waals surface area contributed by atoms with E-state index in [1.807, 2.05) is 30.3 Å². The molecule has 1 heterocycles. The summed E-state index contributed by atoms with van der Waals surface area (Å²) in [5, 5.41) is 14.0. The summed E-state index contributed by atoms with van der Waals surface area (Å²) in [5.41, 5.74) is 1.55. The highest BCUT2D eigenvalue weighted by Crippen LogP contribution is 2.20. The monoisotopic (exact) mass is 440 g/mol. The lowest BCUT2D eigenvalue weighted by atomic mass is 10.1. The summed E-state index contributed by atoms with van der Waals surface area (Å²) in [6.45, 7) is 6.97. The molecule has 1 N–H and O–H groups in total. The SMILES string of the molecule is CCN(CC)C[C@H](NC(=O)CCCn1c(=O)oc2cc([N+](=O)[O-])ccc21)c1ccccc1. The van der Waals surface area contributed by atoms with Crippen LogP contribution in [0.3, 0.4) is 0 Å². The number of aromatic nitrogens is 1. The fourth-order valence-corrected chi connectivity index (χ4v) is 3.70. The minimum atomic E-state index is -0.593. The van der Waals surface area contributed by atoms with Crippen LogP contribution >= 0.6 is 0 Å². The zero-order chi connectivity index (χ0) is 23.1. The van der Waals surface area contributed by atoms with E-state index in [0.717, 1.165) is 18.7 Å². The molecule has 32 heavy (non-hydrogen) atoms. The molecule has 0 aliphatic rings. The first-order valence-electron chi connectivity index (χ1n) is 10.8. The number of amides is 1. The molecule has 2 aromatic carbocycles. The number of nitrogens with one attached hydrogen (secondary N) is 1. The van der Waals surface area contributed by atoms with Gasteiger partial charge in [0.05, 0.1) is 22.5 Å². The lowest BCUT2D eigenvalue weighted by molar-refractivity contribution is -0.384. The molecule has 3 rings (SSSR count). The highest BCUT2D eigenvalue weighted by atomic mass is 16.6. The van der Waals surface area contributed by atoms with E-state index in [2.05, 4.69) is 24.1 Å². The second-order valence-electron chi connectivity index (χ2n) is 7.55. The van der Waals surface area contributed by atoms with Crippen LogP contribution in [0.2, 0.25) is 0 Å². The number of nitrogens with zero attached hydrogens (tertiary/aromatic N) is 3. The van der Waals surface area contributed by atoms with E-state index in [-0.39, 0.29) is 36.2 Å². The summed E-state index contributed by atoms with van der Waals surface area (Å²) in [5.74, 6) is -0.688. The van der Waals surface area contributed by atoms with E-state index in [9.17, 15) is 19.7 Å². The first-order chi connectivity index (χ1) is 15.4. The van der Waals surface area contributed by atoms with Crippen molar-refractivity contribution in [3.05, 3.63) is 74.8 Å². The number of aryl methyl sites for hydroxylation is 1. The highest BCUT2D eigenvalue weighted by molar-refractivity contribution is 5.77. The second kappa shape index (κ2) is 10.7. The van der Waals surface area contributed by atoms with Crippen LogP contribution < -0.4 is 11.1 Å². The van der Waals surface area contributed by atoms with Gasteiger partial charge in [0.2, 0.25) is 5.91 Å². The summed E-state index contributed by atoms with van der Waals surface area (Å²) in [6, 6.07) is 13.8. The van der Waals surface area contributed by atoms with Crippen LogP contribution in [0, 0.1) is 10.1 Å². The Bertz CT molecular complexity index is 1120. The van der Waals surface area contributed by atoms with Gasteiger partial charge in [-0.1, -0.05) is 44.2 Å². The lowest BCUT2D eigenvalue weighted by Crippen LogP contribution is -2.38. The molecule has 0 aliphatic carbocycles. The minimum Gasteiger partial charge on any atom is -0.407 e. The van der Waals surface area contributed by atoms with E-state index in [1.165, 1.54) is 22.8 Å². The molecular formula is C23H28N4O5. The summed E-state index contributed by atoms with van der Waals surface area (Å²) in [4.78, 5) is 37.5. The standard InChI is InChI=1S/C23H28N4O5/c1-3-25(4-2)16-19(17-9-6-5-7-10-17)24-22(28)11-8-14-26-20-13-12-18(27(30)31)15-21(20)32-23(26)29/h5-7,9-10,12-13,15,19H,3-4,8,11,14,16H2,1-2H3,(H,24,28)/t19-/m0/s1. The van der Waals surface area contributed by atoms with Crippen molar-refractivity contribution >= 4 is 22.7 Å². The lowest BCUT2D eigenvalue weighted by Gasteiger charge is -2.26. The van der Waals surface area contributed by atoms with Crippen LogP contribution in [-0.4, -0.2) is 39.9 Å². The molecule has 170 valence electrons. The third-order valence-electron chi connectivity index (χ3n) is 5.52. The predicted molar refractivity (Wildman–Crippen MR) is 121 cm³/mol. The Balaban J connectivity index is 1.64. The maximum Gasteiger partial charge on any atom is 0.419 e. The number of hydrogen-bond acceptors (Lipinski definition) is 6. The second-order valence-corrected chi connectivity index (χ2v) is 7.55. The molecule has 0 spiro atoms. The van der Waals surface area contributed by atoms with Crippen molar-refractivity contribution in [3.8, 4) is 0 Å². The molecule has 9 nitrogen and oxygen atoms in total. The Kier molecular flexibility index (Phi) is 7.77. The average Bonchev–Trinajstić information content (AvgIpc) is 3.11. The van der Waals surface area contributed by atoms with Gasteiger partial charge in [0.25, 0.3) is 5.69 Å². The average molecular weight is 441 g/mol. The normalized spacial score (nSPS) is 12.2. The molecule has 3 aromatic rings. The number of nitro benzene ring substituents is 1. The maximum absolute atomic E-state index is 12.7. The Morgan fingerprint density at radius 3 is 2.56 bits per heavy atom. The maximum atomic E-state index is 12.7. The van der Waals surface area contributed by atoms with Crippen LogP contribution in [0.4, 0.5) is 5.69 Å². The van der Waals surface area contributed by atoms with Gasteiger partial charge in [0.15, 0.2) is 5.58 Å². The van der Waals surface area contributed by atoms with Crippen LogP contribution in [0.5, 0.6) is 0 Å². The Labute approximate surface area is 185 Å². The quantitative estimate of drug-likeness (QED) is 0.361. The van der Waals surface area contributed by atoms with E-state index in [1.54, 1.807) is 0 Å². The van der Waals surface area contributed by atoms with Gasteiger partial charge in [-0.25, -0.2) is 4.79 Å². The molecule has 0 bridgehead atoms. The zero-order valence-electron chi connectivity index (χ0n) is 18.3. The van der Waals surface area contributed by atoms with Crippen molar-refractivity contribution in [1.29, 1.82) is 0 Å². The Morgan fingerprint density at radius 2 is 1.91 bits per heavy atom. The largest absolute Gasteiger partial charge is 0.419 e. The number of nitro groups is 1. The van der Waals surface area contributed by atoms with E-state index in [4.69, 9.17) is 4.42 Å². The number of carbonyl (C=O) groups is 1.